The van der Waals surface area contributed by atoms with Gasteiger partial charge in [-0.05, 0) is 23.8 Å². The van der Waals surface area contributed by atoms with Crippen LogP contribution in [-0.2, 0) is 0 Å². The lowest BCUT2D eigenvalue weighted by Crippen LogP contribution is -2.13. The Bertz CT molecular complexity index is 1110. The molecule has 0 aliphatic heterocycles. The molecule has 4 aromatic rings. The number of aromatic nitrogens is 4. The molecule has 3 heterocycles. The van der Waals surface area contributed by atoms with Crippen LogP contribution in [0.2, 0.25) is 0 Å². The summed E-state index contributed by atoms with van der Waals surface area (Å²) in [5, 5.41) is 0. The Morgan fingerprint density at radius 1 is 0.769 bits per heavy atom. The molecule has 0 bridgehead atoms. The van der Waals surface area contributed by atoms with Gasteiger partial charge < -0.3 is 4.98 Å². The van der Waals surface area contributed by atoms with E-state index in [0.29, 0.717) is 17.0 Å². The molecule has 0 aliphatic carbocycles. The fraction of sp³-hybridized carbons (Fsp3) is 0. The van der Waals surface area contributed by atoms with Crippen molar-refractivity contribution < 1.29 is 4.39 Å². The second-order valence-corrected chi connectivity index (χ2v) is 5.56. The van der Waals surface area contributed by atoms with E-state index in [9.17, 15) is 9.18 Å². The zero-order valence-electron chi connectivity index (χ0n) is 13.6. The van der Waals surface area contributed by atoms with Gasteiger partial charge in [-0.25, -0.2) is 15.0 Å². The summed E-state index contributed by atoms with van der Waals surface area (Å²) in [6.45, 7) is 0. The number of pyridine rings is 2. The number of hydrogen-bond acceptors (Lipinski definition) is 4. The highest BCUT2D eigenvalue weighted by atomic mass is 19.1. The zero-order valence-corrected chi connectivity index (χ0v) is 13.6. The van der Waals surface area contributed by atoms with E-state index in [4.69, 9.17) is 0 Å². The molecule has 3 aromatic heterocycles. The maximum Gasteiger partial charge on any atom is 0.256 e. The lowest BCUT2D eigenvalue weighted by atomic mass is 9.92. The Labute approximate surface area is 148 Å². The molecular formula is C20H13FN4O. The summed E-state index contributed by atoms with van der Waals surface area (Å²) in [5.41, 5.74) is 1.86. The van der Waals surface area contributed by atoms with E-state index in [1.165, 1.54) is 12.3 Å². The van der Waals surface area contributed by atoms with Crippen molar-refractivity contribution >= 4 is 0 Å². The first-order valence-corrected chi connectivity index (χ1v) is 7.95. The standard InChI is InChI=1S/C20H13FN4O/c21-18-14(8-4-9-22-18)17-16(13-6-2-1-3-7-13)15(12-25-20(17)26)19-23-10-5-11-24-19/h1-12H,(H,25,26). The molecule has 0 saturated carbocycles. The van der Waals surface area contributed by atoms with Gasteiger partial charge in [0.25, 0.3) is 5.56 Å². The molecule has 0 aliphatic rings. The minimum atomic E-state index is -0.707. The molecule has 4 rings (SSSR count). The van der Waals surface area contributed by atoms with Gasteiger partial charge in [0, 0.05) is 41.5 Å². The Morgan fingerprint density at radius 2 is 1.50 bits per heavy atom. The van der Waals surface area contributed by atoms with Gasteiger partial charge in [-0.15, -0.1) is 0 Å². The van der Waals surface area contributed by atoms with Crippen LogP contribution in [0.5, 0.6) is 0 Å². The Balaban J connectivity index is 2.12. The molecule has 0 unspecified atom stereocenters. The molecule has 0 spiro atoms. The van der Waals surface area contributed by atoms with E-state index in [2.05, 4.69) is 19.9 Å². The number of rotatable bonds is 3. The first-order valence-electron chi connectivity index (χ1n) is 7.95. The number of benzene rings is 1. The monoisotopic (exact) mass is 344 g/mol. The van der Waals surface area contributed by atoms with E-state index >= 15 is 0 Å². The summed E-state index contributed by atoms with van der Waals surface area (Å²) in [4.78, 5) is 27.6. The first kappa shape index (κ1) is 15.8. The molecule has 0 saturated heterocycles. The van der Waals surface area contributed by atoms with E-state index in [0.717, 1.165) is 5.56 Å². The average Bonchev–Trinajstić information content (AvgIpc) is 2.70. The van der Waals surface area contributed by atoms with Crippen LogP contribution in [0.25, 0.3) is 33.6 Å². The number of aromatic amines is 1. The van der Waals surface area contributed by atoms with Crippen molar-refractivity contribution in [2.75, 3.05) is 0 Å². The van der Waals surface area contributed by atoms with Gasteiger partial charge >= 0.3 is 0 Å². The van der Waals surface area contributed by atoms with Crippen molar-refractivity contribution in [2.24, 2.45) is 0 Å². The molecule has 0 amide bonds. The number of H-pyrrole nitrogens is 1. The van der Waals surface area contributed by atoms with Crippen molar-refractivity contribution in [2.45, 2.75) is 0 Å². The Hall–Kier alpha value is -3.67. The van der Waals surface area contributed by atoms with Crippen LogP contribution in [0.15, 0.2) is 78.1 Å². The van der Waals surface area contributed by atoms with Gasteiger partial charge in [-0.3, -0.25) is 4.79 Å². The highest BCUT2D eigenvalue weighted by Gasteiger charge is 2.21. The minimum absolute atomic E-state index is 0.130. The fourth-order valence-electron chi connectivity index (χ4n) is 2.88. The molecule has 0 radical (unpaired) electrons. The van der Waals surface area contributed by atoms with E-state index in [1.54, 1.807) is 30.7 Å². The predicted molar refractivity (Wildman–Crippen MR) is 96.7 cm³/mol. The average molecular weight is 344 g/mol. The van der Waals surface area contributed by atoms with Crippen molar-refractivity contribution in [3.05, 3.63) is 89.6 Å². The molecule has 0 atom stereocenters. The van der Waals surface area contributed by atoms with Crippen molar-refractivity contribution in [3.8, 4) is 33.6 Å². The van der Waals surface area contributed by atoms with Gasteiger partial charge in [0.15, 0.2) is 5.82 Å². The smallest absolute Gasteiger partial charge is 0.256 e. The third kappa shape index (κ3) is 2.77. The van der Waals surface area contributed by atoms with Gasteiger partial charge in [0.1, 0.15) is 0 Å². The molecule has 6 heteroatoms. The molecule has 26 heavy (non-hydrogen) atoms. The predicted octanol–water partition coefficient (Wildman–Crippen LogP) is 3.70. The molecular weight excluding hydrogens is 331 g/mol. The van der Waals surface area contributed by atoms with Crippen molar-refractivity contribution in [3.63, 3.8) is 0 Å². The summed E-state index contributed by atoms with van der Waals surface area (Å²) >= 11 is 0. The molecule has 126 valence electrons. The van der Waals surface area contributed by atoms with Crippen LogP contribution in [0.3, 0.4) is 0 Å². The van der Waals surface area contributed by atoms with Crippen LogP contribution < -0.4 is 5.56 Å². The highest BCUT2D eigenvalue weighted by molar-refractivity contribution is 5.92. The number of hydrogen-bond donors (Lipinski definition) is 1. The summed E-state index contributed by atoms with van der Waals surface area (Å²) in [6, 6.07) is 14.1. The maximum absolute atomic E-state index is 14.4. The number of nitrogens with one attached hydrogen (secondary N) is 1. The van der Waals surface area contributed by atoms with Gasteiger partial charge in [0.05, 0.1) is 5.56 Å². The summed E-state index contributed by atoms with van der Waals surface area (Å²) in [7, 11) is 0. The zero-order chi connectivity index (χ0) is 17.9. The molecule has 5 nitrogen and oxygen atoms in total. The minimum Gasteiger partial charge on any atom is -0.328 e. The van der Waals surface area contributed by atoms with Gasteiger partial charge in [0.2, 0.25) is 5.95 Å². The normalized spacial score (nSPS) is 10.7. The fourth-order valence-corrected chi connectivity index (χ4v) is 2.88. The van der Waals surface area contributed by atoms with Crippen LogP contribution in [0.1, 0.15) is 0 Å². The largest absolute Gasteiger partial charge is 0.328 e. The van der Waals surface area contributed by atoms with Crippen molar-refractivity contribution in [1.82, 2.24) is 19.9 Å². The number of nitrogens with zero attached hydrogens (tertiary/aromatic N) is 3. The Kier molecular flexibility index (Phi) is 4.07. The maximum atomic E-state index is 14.4. The SMILES string of the molecule is O=c1[nH]cc(-c2ncccn2)c(-c2ccccc2)c1-c1cccnc1F. The third-order valence-electron chi connectivity index (χ3n) is 3.99. The number of halogens is 1. The second kappa shape index (κ2) is 6.68. The quantitative estimate of drug-likeness (QED) is 0.575. The summed E-state index contributed by atoms with van der Waals surface area (Å²) in [6.07, 6.45) is 6.14. The molecule has 0 fully saturated rings. The van der Waals surface area contributed by atoms with Crippen LogP contribution in [-0.4, -0.2) is 19.9 Å². The molecule has 1 aromatic carbocycles. The summed E-state index contributed by atoms with van der Waals surface area (Å²) < 4.78 is 14.4. The van der Waals surface area contributed by atoms with Crippen LogP contribution >= 0.6 is 0 Å². The van der Waals surface area contributed by atoms with Gasteiger partial charge in [-0.1, -0.05) is 30.3 Å². The Morgan fingerprint density at radius 3 is 2.23 bits per heavy atom. The van der Waals surface area contributed by atoms with Crippen molar-refractivity contribution in [1.29, 1.82) is 0 Å². The van der Waals surface area contributed by atoms with E-state index in [-0.39, 0.29) is 11.1 Å². The lowest BCUT2D eigenvalue weighted by Gasteiger charge is -2.14. The van der Waals surface area contributed by atoms with Crippen LogP contribution in [0.4, 0.5) is 4.39 Å². The second-order valence-electron chi connectivity index (χ2n) is 5.56. The van der Waals surface area contributed by atoms with Crippen LogP contribution in [0, 0.1) is 5.95 Å². The van der Waals surface area contributed by atoms with E-state index < -0.39 is 11.5 Å². The summed E-state index contributed by atoms with van der Waals surface area (Å²) in [5.74, 6) is -0.269. The third-order valence-corrected chi connectivity index (χ3v) is 3.99. The van der Waals surface area contributed by atoms with Gasteiger partial charge in [-0.2, -0.15) is 4.39 Å². The topological polar surface area (TPSA) is 71.5 Å². The first-order chi connectivity index (χ1) is 12.8. The highest BCUT2D eigenvalue weighted by Crippen LogP contribution is 2.36. The van der Waals surface area contributed by atoms with E-state index in [1.807, 2.05) is 30.3 Å². The lowest BCUT2D eigenvalue weighted by molar-refractivity contribution is 0.587. The molecule has 1 N–H and O–H groups in total.